The maximum Gasteiger partial charge on any atom is 0.251 e. The molecule has 0 unspecified atom stereocenters. The van der Waals surface area contributed by atoms with Gasteiger partial charge in [-0.2, -0.15) is 0 Å². The van der Waals surface area contributed by atoms with Crippen molar-refractivity contribution in [2.75, 3.05) is 12.4 Å². The molecule has 2 N–H and O–H groups in total. The van der Waals surface area contributed by atoms with Gasteiger partial charge in [-0.1, -0.05) is 18.2 Å². The number of anilines is 1. The Morgan fingerprint density at radius 3 is 2.79 bits per heavy atom. The highest BCUT2D eigenvalue weighted by Gasteiger charge is 2.06. The summed E-state index contributed by atoms with van der Waals surface area (Å²) in [5, 5.41) is 3.78. The Balaban J connectivity index is 1.77. The molecule has 0 fully saturated rings. The number of aromatic nitrogens is 1. The van der Waals surface area contributed by atoms with Gasteiger partial charge in [-0.3, -0.25) is 9.59 Å². The van der Waals surface area contributed by atoms with Crippen LogP contribution >= 0.6 is 0 Å². The molecule has 122 valence electrons. The quantitative estimate of drug-likeness (QED) is 0.775. The smallest absolute Gasteiger partial charge is 0.251 e. The van der Waals surface area contributed by atoms with E-state index >= 15 is 0 Å². The van der Waals surface area contributed by atoms with Crippen LogP contribution in [0, 0.1) is 6.92 Å². The largest absolute Gasteiger partial charge is 0.497 e. The zero-order chi connectivity index (χ0) is 17.1. The predicted octanol–water partition coefficient (Wildman–Crippen LogP) is 3.03. The van der Waals surface area contributed by atoms with Crippen LogP contribution in [-0.2, 0) is 11.2 Å². The lowest BCUT2D eigenvalue weighted by Crippen LogP contribution is -2.14. The van der Waals surface area contributed by atoms with Gasteiger partial charge in [-0.25, -0.2) is 0 Å². The van der Waals surface area contributed by atoms with Gasteiger partial charge < -0.3 is 15.0 Å². The van der Waals surface area contributed by atoms with E-state index in [4.69, 9.17) is 4.74 Å². The van der Waals surface area contributed by atoms with Gasteiger partial charge in [0.2, 0.25) is 5.91 Å². The second-order valence-electron chi connectivity index (χ2n) is 5.66. The summed E-state index contributed by atoms with van der Waals surface area (Å²) in [7, 11) is 1.59. The molecule has 0 aliphatic rings. The van der Waals surface area contributed by atoms with Crippen LogP contribution in [0.1, 0.15) is 11.1 Å². The number of carbonyl (C=O) groups is 1. The van der Waals surface area contributed by atoms with Gasteiger partial charge in [0, 0.05) is 11.3 Å². The fourth-order valence-corrected chi connectivity index (χ4v) is 2.56. The highest BCUT2D eigenvalue weighted by molar-refractivity contribution is 5.94. The summed E-state index contributed by atoms with van der Waals surface area (Å²) in [6, 6.07) is 14.7. The van der Waals surface area contributed by atoms with E-state index < -0.39 is 0 Å². The Kier molecular flexibility index (Phi) is 4.33. The first kappa shape index (κ1) is 15.8. The van der Waals surface area contributed by atoms with Crippen LogP contribution in [0.4, 0.5) is 5.69 Å². The highest BCUT2D eigenvalue weighted by atomic mass is 16.5. The van der Waals surface area contributed by atoms with E-state index in [1.807, 2.05) is 42.5 Å². The van der Waals surface area contributed by atoms with Crippen molar-refractivity contribution in [1.82, 2.24) is 4.98 Å². The number of nitrogens with one attached hydrogen (secondary N) is 2. The number of aromatic amines is 1. The zero-order valence-electron chi connectivity index (χ0n) is 13.6. The Labute approximate surface area is 139 Å². The van der Waals surface area contributed by atoms with Crippen molar-refractivity contribution >= 4 is 22.5 Å². The van der Waals surface area contributed by atoms with Gasteiger partial charge in [0.15, 0.2) is 0 Å². The molecule has 0 saturated heterocycles. The summed E-state index contributed by atoms with van der Waals surface area (Å²) < 4.78 is 5.16. The molecule has 1 aromatic heterocycles. The first-order chi connectivity index (χ1) is 11.5. The summed E-state index contributed by atoms with van der Waals surface area (Å²) in [6.45, 7) is 1.77. The lowest BCUT2D eigenvalue weighted by Gasteiger charge is -2.08. The third-order valence-corrected chi connectivity index (χ3v) is 3.81. The molecule has 2 aromatic carbocycles. The van der Waals surface area contributed by atoms with Crippen molar-refractivity contribution in [2.24, 2.45) is 0 Å². The number of hydrogen-bond acceptors (Lipinski definition) is 3. The molecule has 1 amide bonds. The van der Waals surface area contributed by atoms with Crippen LogP contribution in [0.15, 0.2) is 53.3 Å². The van der Waals surface area contributed by atoms with Crippen molar-refractivity contribution in [3.05, 3.63) is 70.0 Å². The molecule has 0 radical (unpaired) electrons. The standard InChI is InChI=1S/C19H18N2O3/c1-12-8-14-6-7-15(11-17(14)21-19(12)23)20-18(22)10-13-4-3-5-16(9-13)24-2/h3-9,11H,10H2,1-2H3,(H,20,22)(H,21,23). The number of methoxy groups -OCH3 is 1. The number of carbonyl (C=O) groups excluding carboxylic acids is 1. The Morgan fingerprint density at radius 2 is 2.00 bits per heavy atom. The van der Waals surface area contributed by atoms with Crippen LogP contribution in [0.25, 0.3) is 10.9 Å². The minimum absolute atomic E-state index is 0.123. The van der Waals surface area contributed by atoms with Gasteiger partial charge in [-0.05, 0) is 48.2 Å². The van der Waals surface area contributed by atoms with Gasteiger partial charge in [0.05, 0.1) is 19.0 Å². The normalized spacial score (nSPS) is 10.6. The Morgan fingerprint density at radius 1 is 1.17 bits per heavy atom. The Hall–Kier alpha value is -3.08. The third-order valence-electron chi connectivity index (χ3n) is 3.81. The number of pyridine rings is 1. The average Bonchev–Trinajstić information content (AvgIpc) is 2.56. The van der Waals surface area contributed by atoms with Crippen LogP contribution in [0.3, 0.4) is 0 Å². The second kappa shape index (κ2) is 6.58. The molecule has 5 nitrogen and oxygen atoms in total. The summed E-state index contributed by atoms with van der Waals surface area (Å²) in [5.74, 6) is 0.594. The number of H-pyrrole nitrogens is 1. The van der Waals surface area contributed by atoms with E-state index in [9.17, 15) is 9.59 Å². The number of amides is 1. The zero-order valence-corrected chi connectivity index (χ0v) is 13.6. The molecule has 3 rings (SSSR count). The summed E-state index contributed by atoms with van der Waals surface area (Å²) >= 11 is 0. The molecule has 0 spiro atoms. The van der Waals surface area contributed by atoms with Gasteiger partial charge in [-0.15, -0.1) is 0 Å². The van der Waals surface area contributed by atoms with E-state index in [2.05, 4.69) is 10.3 Å². The summed E-state index contributed by atoms with van der Waals surface area (Å²) in [4.78, 5) is 26.7. The van der Waals surface area contributed by atoms with Crippen molar-refractivity contribution in [2.45, 2.75) is 13.3 Å². The molecule has 24 heavy (non-hydrogen) atoms. The summed E-state index contributed by atoms with van der Waals surface area (Å²) in [6.07, 6.45) is 0.250. The average molecular weight is 322 g/mol. The van der Waals surface area contributed by atoms with Crippen molar-refractivity contribution in [3.8, 4) is 5.75 Å². The second-order valence-corrected chi connectivity index (χ2v) is 5.66. The molecule has 0 bridgehead atoms. The number of ether oxygens (including phenoxy) is 1. The van der Waals surface area contributed by atoms with Crippen molar-refractivity contribution < 1.29 is 9.53 Å². The topological polar surface area (TPSA) is 71.2 Å². The molecule has 0 saturated carbocycles. The molecule has 0 aliphatic heterocycles. The number of rotatable bonds is 4. The first-order valence-corrected chi connectivity index (χ1v) is 7.61. The van der Waals surface area contributed by atoms with Gasteiger partial charge in [0.1, 0.15) is 5.75 Å². The number of fused-ring (bicyclic) bond motifs is 1. The van der Waals surface area contributed by atoms with E-state index in [1.165, 1.54) is 0 Å². The van der Waals surface area contributed by atoms with Gasteiger partial charge >= 0.3 is 0 Å². The SMILES string of the molecule is COc1cccc(CC(=O)Nc2ccc3cc(C)c(=O)[nH]c3c2)c1. The molecule has 1 heterocycles. The molecule has 0 aliphatic carbocycles. The van der Waals surface area contributed by atoms with Gasteiger partial charge in [0.25, 0.3) is 5.56 Å². The minimum atomic E-state index is -0.128. The third kappa shape index (κ3) is 3.46. The molecule has 5 heteroatoms. The maximum atomic E-state index is 12.2. The monoisotopic (exact) mass is 322 g/mol. The Bertz CT molecular complexity index is 960. The van der Waals surface area contributed by atoms with E-state index in [0.717, 1.165) is 16.7 Å². The summed E-state index contributed by atoms with van der Waals surface area (Å²) in [5.41, 5.74) is 2.76. The van der Waals surface area contributed by atoms with Crippen molar-refractivity contribution in [1.29, 1.82) is 0 Å². The lowest BCUT2D eigenvalue weighted by molar-refractivity contribution is -0.115. The minimum Gasteiger partial charge on any atom is -0.497 e. The molecule has 3 aromatic rings. The van der Waals surface area contributed by atoms with E-state index in [0.29, 0.717) is 16.8 Å². The predicted molar refractivity (Wildman–Crippen MR) is 94.6 cm³/mol. The van der Waals surface area contributed by atoms with Crippen LogP contribution in [0.5, 0.6) is 5.75 Å². The fourth-order valence-electron chi connectivity index (χ4n) is 2.56. The number of hydrogen-bond donors (Lipinski definition) is 2. The molecular formula is C19H18N2O3. The van der Waals surface area contributed by atoms with Crippen molar-refractivity contribution in [3.63, 3.8) is 0 Å². The van der Waals surface area contributed by atoms with E-state index in [1.54, 1.807) is 20.1 Å². The maximum absolute atomic E-state index is 12.2. The first-order valence-electron chi connectivity index (χ1n) is 7.61. The molecule has 0 atom stereocenters. The lowest BCUT2D eigenvalue weighted by atomic mass is 10.1. The van der Waals surface area contributed by atoms with Crippen LogP contribution in [0.2, 0.25) is 0 Å². The number of aryl methyl sites for hydroxylation is 1. The van der Waals surface area contributed by atoms with Crippen LogP contribution < -0.4 is 15.6 Å². The highest BCUT2D eigenvalue weighted by Crippen LogP contribution is 2.18. The van der Waals surface area contributed by atoms with E-state index in [-0.39, 0.29) is 17.9 Å². The van der Waals surface area contributed by atoms with Crippen LogP contribution in [-0.4, -0.2) is 18.0 Å². The molecular weight excluding hydrogens is 304 g/mol. The number of benzene rings is 2. The fraction of sp³-hybridized carbons (Fsp3) is 0.158.